The summed E-state index contributed by atoms with van der Waals surface area (Å²) in [6.45, 7) is 3.38. The van der Waals surface area contributed by atoms with Crippen molar-refractivity contribution in [1.29, 1.82) is 0 Å². The summed E-state index contributed by atoms with van der Waals surface area (Å²) in [4.78, 5) is 0. The summed E-state index contributed by atoms with van der Waals surface area (Å²) in [6, 6.07) is 0. The lowest BCUT2D eigenvalue weighted by Gasteiger charge is -2.86. The van der Waals surface area contributed by atoms with E-state index in [1.54, 1.807) is 6.42 Å². The van der Waals surface area contributed by atoms with Gasteiger partial charge in [0.1, 0.15) is 0 Å². The highest BCUT2D eigenvalue weighted by atomic mass is 14.9. The molecule has 0 spiro atoms. The third-order valence-electron chi connectivity index (χ3n) is 7.71. The zero-order valence-electron chi connectivity index (χ0n) is 10.2. The van der Waals surface area contributed by atoms with E-state index >= 15 is 0 Å². The zero-order chi connectivity index (χ0) is 10.6. The van der Waals surface area contributed by atoms with Crippen LogP contribution in [0.25, 0.3) is 0 Å². The third-order valence-corrected chi connectivity index (χ3v) is 7.71. The largest absolute Gasteiger partial charge is 0.330 e. The zero-order valence-corrected chi connectivity index (χ0v) is 10.2. The minimum absolute atomic E-state index is 0.938. The molecule has 0 aromatic heterocycles. The van der Waals surface area contributed by atoms with Crippen LogP contribution in [-0.2, 0) is 0 Å². The molecule has 0 aliphatic heterocycles. The molecule has 10 unspecified atom stereocenters. The van der Waals surface area contributed by atoms with E-state index in [0.29, 0.717) is 0 Å². The molecule has 5 rings (SSSR count). The Balaban J connectivity index is 1.36. The Morgan fingerprint density at radius 1 is 0.812 bits per heavy atom. The maximum Gasteiger partial charge on any atom is -0.00459 e. The molecule has 1 heteroatoms. The molecule has 5 aliphatic rings. The second-order valence-corrected chi connectivity index (χ2v) is 7.43. The molecule has 2 N–H and O–H groups in total. The summed E-state index contributed by atoms with van der Waals surface area (Å²) < 4.78 is 0. The van der Waals surface area contributed by atoms with Crippen LogP contribution in [0.2, 0.25) is 0 Å². The number of hydrogen-bond acceptors (Lipinski definition) is 1. The Morgan fingerprint density at radius 3 is 1.94 bits per heavy atom. The molecule has 0 aromatic carbocycles. The Bertz CT molecular complexity index is 309. The second-order valence-electron chi connectivity index (χ2n) is 7.43. The standard InChI is InChI=1S/C15H23N/c1-2-6-3-8-10(6)14-12(8)15-11-7(5-16)4-9(11)13(14)15/h6-15H,2-5,16H2,1H3. The summed E-state index contributed by atoms with van der Waals surface area (Å²) in [5.41, 5.74) is 5.87. The van der Waals surface area contributed by atoms with Crippen LogP contribution in [0, 0.1) is 59.2 Å². The summed E-state index contributed by atoms with van der Waals surface area (Å²) in [5.74, 6) is 11.5. The fourth-order valence-corrected chi connectivity index (χ4v) is 7.11. The van der Waals surface area contributed by atoms with Crippen molar-refractivity contribution in [2.45, 2.75) is 26.2 Å². The molecule has 0 radical (unpaired) electrons. The SMILES string of the molecule is CCC1CC2C1C1C2C2C3C(CN)CC3C12. The van der Waals surface area contributed by atoms with Gasteiger partial charge >= 0.3 is 0 Å². The van der Waals surface area contributed by atoms with Crippen molar-refractivity contribution in [3.05, 3.63) is 0 Å². The molecular weight excluding hydrogens is 194 g/mol. The molecule has 5 fully saturated rings. The maximum atomic E-state index is 5.87. The van der Waals surface area contributed by atoms with Crippen LogP contribution >= 0.6 is 0 Å². The summed E-state index contributed by atoms with van der Waals surface area (Å²) in [6.07, 6.45) is 4.55. The summed E-state index contributed by atoms with van der Waals surface area (Å²) >= 11 is 0. The van der Waals surface area contributed by atoms with Gasteiger partial charge in [0.15, 0.2) is 0 Å². The first kappa shape index (κ1) is 8.97. The van der Waals surface area contributed by atoms with E-state index in [2.05, 4.69) is 6.92 Å². The van der Waals surface area contributed by atoms with Crippen molar-refractivity contribution in [3.8, 4) is 0 Å². The first-order chi connectivity index (χ1) is 7.86. The van der Waals surface area contributed by atoms with E-state index in [1.807, 2.05) is 0 Å². The van der Waals surface area contributed by atoms with Crippen molar-refractivity contribution in [3.63, 3.8) is 0 Å². The van der Waals surface area contributed by atoms with Crippen molar-refractivity contribution in [2.75, 3.05) is 6.54 Å². The topological polar surface area (TPSA) is 26.0 Å². The van der Waals surface area contributed by atoms with Gasteiger partial charge in [-0.25, -0.2) is 0 Å². The molecule has 0 bridgehead atoms. The van der Waals surface area contributed by atoms with Gasteiger partial charge in [-0.1, -0.05) is 13.3 Å². The molecule has 16 heavy (non-hydrogen) atoms. The summed E-state index contributed by atoms with van der Waals surface area (Å²) in [5, 5.41) is 0. The van der Waals surface area contributed by atoms with Crippen LogP contribution in [0.5, 0.6) is 0 Å². The van der Waals surface area contributed by atoms with E-state index in [1.165, 1.54) is 48.3 Å². The molecule has 5 saturated carbocycles. The van der Waals surface area contributed by atoms with Gasteiger partial charge in [0, 0.05) is 0 Å². The predicted octanol–water partition coefficient (Wildman–Crippen LogP) is 2.37. The van der Waals surface area contributed by atoms with Crippen LogP contribution in [0.15, 0.2) is 0 Å². The Hall–Kier alpha value is -0.0400. The number of hydrogen-bond donors (Lipinski definition) is 1. The van der Waals surface area contributed by atoms with E-state index in [-0.39, 0.29) is 0 Å². The second kappa shape index (κ2) is 2.53. The van der Waals surface area contributed by atoms with Crippen molar-refractivity contribution >= 4 is 0 Å². The Kier molecular flexibility index (Phi) is 1.42. The smallest absolute Gasteiger partial charge is 0.00459 e. The van der Waals surface area contributed by atoms with Crippen molar-refractivity contribution in [2.24, 2.45) is 64.9 Å². The van der Waals surface area contributed by atoms with Gasteiger partial charge in [-0.05, 0) is 78.6 Å². The van der Waals surface area contributed by atoms with Crippen LogP contribution in [0.1, 0.15) is 26.2 Å². The van der Waals surface area contributed by atoms with Gasteiger partial charge in [-0.15, -0.1) is 0 Å². The first-order valence-corrected chi connectivity index (χ1v) is 7.56. The van der Waals surface area contributed by atoms with Gasteiger partial charge in [0.25, 0.3) is 0 Å². The molecule has 0 aromatic rings. The fraction of sp³-hybridized carbons (Fsp3) is 1.00. The average molecular weight is 217 g/mol. The predicted molar refractivity (Wildman–Crippen MR) is 63.5 cm³/mol. The van der Waals surface area contributed by atoms with Crippen molar-refractivity contribution < 1.29 is 0 Å². The van der Waals surface area contributed by atoms with Crippen LogP contribution < -0.4 is 5.73 Å². The quantitative estimate of drug-likeness (QED) is 0.706. The molecule has 0 heterocycles. The van der Waals surface area contributed by atoms with Gasteiger partial charge in [-0.2, -0.15) is 0 Å². The highest BCUT2D eigenvalue weighted by molar-refractivity contribution is 5.28. The molecule has 0 amide bonds. The third kappa shape index (κ3) is 0.652. The number of nitrogens with two attached hydrogens (primary N) is 1. The van der Waals surface area contributed by atoms with Gasteiger partial charge < -0.3 is 5.73 Å². The van der Waals surface area contributed by atoms with Crippen LogP contribution in [0.4, 0.5) is 0 Å². The summed E-state index contributed by atoms with van der Waals surface area (Å²) in [7, 11) is 0. The monoisotopic (exact) mass is 217 g/mol. The fourth-order valence-electron chi connectivity index (χ4n) is 7.11. The lowest BCUT2D eigenvalue weighted by atomic mass is 9.19. The number of fused-ring (bicyclic) bond motifs is 10. The Morgan fingerprint density at radius 2 is 1.38 bits per heavy atom. The lowest BCUT2D eigenvalue weighted by molar-refractivity contribution is -0.387. The molecule has 1 nitrogen and oxygen atoms in total. The minimum Gasteiger partial charge on any atom is -0.330 e. The normalized spacial score (nSPS) is 72.4. The Labute approximate surface area is 98.2 Å². The van der Waals surface area contributed by atoms with Gasteiger partial charge in [-0.3, -0.25) is 0 Å². The van der Waals surface area contributed by atoms with Gasteiger partial charge in [0.05, 0.1) is 0 Å². The van der Waals surface area contributed by atoms with Crippen LogP contribution in [0.3, 0.4) is 0 Å². The van der Waals surface area contributed by atoms with E-state index in [9.17, 15) is 0 Å². The van der Waals surface area contributed by atoms with E-state index < -0.39 is 0 Å². The highest BCUT2D eigenvalue weighted by Gasteiger charge is 2.80. The first-order valence-electron chi connectivity index (χ1n) is 7.56. The van der Waals surface area contributed by atoms with E-state index in [4.69, 9.17) is 5.73 Å². The maximum absolute atomic E-state index is 5.87. The lowest BCUT2D eigenvalue weighted by Crippen LogP contribution is -2.82. The van der Waals surface area contributed by atoms with Crippen LogP contribution in [-0.4, -0.2) is 6.54 Å². The minimum atomic E-state index is 0.938. The molecular formula is C15H23N. The molecule has 10 atom stereocenters. The van der Waals surface area contributed by atoms with Gasteiger partial charge in [0.2, 0.25) is 0 Å². The molecule has 0 saturated heterocycles. The number of rotatable bonds is 2. The van der Waals surface area contributed by atoms with E-state index in [0.717, 1.165) is 30.2 Å². The average Bonchev–Trinajstić information content (AvgIpc) is 2.24. The highest BCUT2D eigenvalue weighted by Crippen LogP contribution is 2.85. The molecule has 5 aliphatic carbocycles. The molecule has 88 valence electrons. The van der Waals surface area contributed by atoms with Crippen molar-refractivity contribution in [1.82, 2.24) is 0 Å².